The van der Waals surface area contributed by atoms with E-state index >= 15 is 0 Å². The molecule has 6 heteroatoms. The Morgan fingerprint density at radius 3 is 2.39 bits per heavy atom. The Balaban J connectivity index is 2.05. The summed E-state index contributed by atoms with van der Waals surface area (Å²) < 4.78 is 6.63. The molecule has 0 saturated carbocycles. The second-order valence-electron chi connectivity index (χ2n) is 4.56. The van der Waals surface area contributed by atoms with Gasteiger partial charge in [-0.2, -0.15) is 0 Å². The SMILES string of the molecule is CCN(Sc1ccccc1)C(=O)NC(=O)c1ccccc1OC. The van der Waals surface area contributed by atoms with Gasteiger partial charge in [0.2, 0.25) is 0 Å². The summed E-state index contributed by atoms with van der Waals surface area (Å²) in [6, 6.07) is 15.8. The molecule has 0 saturated heterocycles. The number of amides is 3. The largest absolute Gasteiger partial charge is 0.496 e. The van der Waals surface area contributed by atoms with Gasteiger partial charge >= 0.3 is 6.03 Å². The van der Waals surface area contributed by atoms with Crippen molar-refractivity contribution in [2.75, 3.05) is 13.7 Å². The number of nitrogens with zero attached hydrogens (tertiary/aromatic N) is 1. The van der Waals surface area contributed by atoms with Crippen LogP contribution in [0, 0.1) is 0 Å². The van der Waals surface area contributed by atoms with E-state index in [4.69, 9.17) is 4.74 Å². The number of carbonyl (C=O) groups is 2. The van der Waals surface area contributed by atoms with Gasteiger partial charge in [-0.05, 0) is 43.1 Å². The molecule has 2 aromatic rings. The summed E-state index contributed by atoms with van der Waals surface area (Å²) in [5.74, 6) is -0.0591. The van der Waals surface area contributed by atoms with Crippen LogP contribution in [-0.4, -0.2) is 29.9 Å². The summed E-state index contributed by atoms with van der Waals surface area (Å²) >= 11 is 1.28. The monoisotopic (exact) mass is 330 g/mol. The Bertz CT molecular complexity index is 677. The highest BCUT2D eigenvalue weighted by Gasteiger charge is 2.19. The van der Waals surface area contributed by atoms with Crippen LogP contribution in [0.25, 0.3) is 0 Å². The van der Waals surface area contributed by atoms with Crippen molar-refractivity contribution in [3.8, 4) is 5.75 Å². The number of ether oxygens (including phenoxy) is 1. The lowest BCUT2D eigenvalue weighted by Gasteiger charge is -2.19. The Kier molecular flexibility index (Phi) is 6.05. The third-order valence-corrected chi connectivity index (χ3v) is 4.17. The van der Waals surface area contributed by atoms with Crippen LogP contribution in [-0.2, 0) is 0 Å². The van der Waals surface area contributed by atoms with E-state index in [-0.39, 0.29) is 0 Å². The number of methoxy groups -OCH3 is 1. The number of carbonyl (C=O) groups excluding carboxylic acids is 2. The fraction of sp³-hybridized carbons (Fsp3) is 0.176. The Hall–Kier alpha value is -2.47. The minimum Gasteiger partial charge on any atom is -0.496 e. The van der Waals surface area contributed by atoms with Gasteiger partial charge in [0.1, 0.15) is 5.75 Å². The van der Waals surface area contributed by atoms with Crippen molar-refractivity contribution in [2.24, 2.45) is 0 Å². The topological polar surface area (TPSA) is 58.6 Å². The first-order valence-electron chi connectivity index (χ1n) is 7.14. The molecule has 0 heterocycles. The number of benzene rings is 2. The zero-order valence-electron chi connectivity index (χ0n) is 13.0. The van der Waals surface area contributed by atoms with E-state index in [1.165, 1.54) is 23.4 Å². The van der Waals surface area contributed by atoms with E-state index in [0.717, 1.165) is 4.90 Å². The van der Waals surface area contributed by atoms with E-state index in [1.807, 2.05) is 37.3 Å². The summed E-state index contributed by atoms with van der Waals surface area (Å²) in [6.07, 6.45) is 0. The molecule has 0 aliphatic heterocycles. The molecule has 0 radical (unpaired) electrons. The number of rotatable bonds is 5. The van der Waals surface area contributed by atoms with Crippen molar-refractivity contribution in [1.29, 1.82) is 0 Å². The fourth-order valence-corrected chi connectivity index (χ4v) is 2.71. The highest BCUT2D eigenvalue weighted by molar-refractivity contribution is 7.97. The van der Waals surface area contributed by atoms with Crippen LogP contribution in [0.2, 0.25) is 0 Å². The average molecular weight is 330 g/mol. The maximum Gasteiger partial charge on any atom is 0.334 e. The maximum atomic E-state index is 12.3. The van der Waals surface area contributed by atoms with Crippen LogP contribution < -0.4 is 10.1 Å². The van der Waals surface area contributed by atoms with Gasteiger partial charge < -0.3 is 4.74 Å². The predicted octanol–water partition coefficient (Wildman–Crippen LogP) is 3.57. The Morgan fingerprint density at radius 2 is 1.74 bits per heavy atom. The van der Waals surface area contributed by atoms with Crippen LogP contribution in [0.5, 0.6) is 5.75 Å². The third-order valence-electron chi connectivity index (χ3n) is 3.04. The number of para-hydroxylation sites is 1. The molecule has 2 aromatic carbocycles. The first-order valence-corrected chi connectivity index (χ1v) is 7.92. The molecule has 0 bridgehead atoms. The van der Waals surface area contributed by atoms with Gasteiger partial charge in [-0.25, -0.2) is 4.79 Å². The average Bonchev–Trinajstić information content (AvgIpc) is 2.60. The van der Waals surface area contributed by atoms with Crippen molar-refractivity contribution in [3.05, 3.63) is 60.2 Å². The Labute approximate surface area is 139 Å². The first kappa shape index (κ1) is 16.9. The van der Waals surface area contributed by atoms with Gasteiger partial charge in [0.15, 0.2) is 0 Å². The molecule has 3 amide bonds. The standard InChI is InChI=1S/C17H18N2O3S/c1-3-19(23-13-9-5-4-6-10-13)17(21)18-16(20)14-11-7-8-12-15(14)22-2/h4-12H,3H2,1-2H3,(H,18,20,21). The lowest BCUT2D eigenvalue weighted by molar-refractivity contribution is 0.0957. The number of imide groups is 1. The third kappa shape index (κ3) is 4.50. The van der Waals surface area contributed by atoms with Crippen molar-refractivity contribution in [1.82, 2.24) is 9.62 Å². The molecule has 0 aliphatic rings. The second-order valence-corrected chi connectivity index (χ2v) is 5.65. The van der Waals surface area contributed by atoms with Crippen LogP contribution >= 0.6 is 11.9 Å². The van der Waals surface area contributed by atoms with Crippen LogP contribution in [0.1, 0.15) is 17.3 Å². The Morgan fingerprint density at radius 1 is 1.09 bits per heavy atom. The molecule has 23 heavy (non-hydrogen) atoms. The van der Waals surface area contributed by atoms with Crippen LogP contribution in [0.15, 0.2) is 59.5 Å². The molecule has 0 unspecified atom stereocenters. The number of nitrogens with one attached hydrogen (secondary N) is 1. The van der Waals surface area contributed by atoms with Gasteiger partial charge in [-0.3, -0.25) is 14.4 Å². The van der Waals surface area contributed by atoms with Gasteiger partial charge in [0.05, 0.1) is 12.7 Å². The first-order chi connectivity index (χ1) is 11.2. The van der Waals surface area contributed by atoms with E-state index < -0.39 is 11.9 Å². The number of hydrogen-bond donors (Lipinski definition) is 1. The lowest BCUT2D eigenvalue weighted by Crippen LogP contribution is -2.39. The van der Waals surface area contributed by atoms with E-state index in [0.29, 0.717) is 17.9 Å². The minimum atomic E-state index is -0.487. The van der Waals surface area contributed by atoms with Crippen molar-refractivity contribution in [2.45, 2.75) is 11.8 Å². The van der Waals surface area contributed by atoms with Crippen LogP contribution in [0.3, 0.4) is 0 Å². The second kappa shape index (κ2) is 8.24. The summed E-state index contributed by atoms with van der Waals surface area (Å²) in [7, 11) is 1.48. The molecule has 2 rings (SSSR count). The normalized spacial score (nSPS) is 10.0. The lowest BCUT2D eigenvalue weighted by atomic mass is 10.2. The molecule has 5 nitrogen and oxygen atoms in total. The van der Waals surface area contributed by atoms with Gasteiger partial charge in [0.25, 0.3) is 5.91 Å². The molecule has 0 spiro atoms. The molecule has 120 valence electrons. The zero-order chi connectivity index (χ0) is 16.7. The van der Waals surface area contributed by atoms with Crippen molar-refractivity contribution in [3.63, 3.8) is 0 Å². The van der Waals surface area contributed by atoms with Crippen molar-refractivity contribution >= 4 is 23.9 Å². The quantitative estimate of drug-likeness (QED) is 0.852. The minimum absolute atomic E-state index is 0.323. The van der Waals surface area contributed by atoms with Gasteiger partial charge in [-0.15, -0.1) is 0 Å². The fourth-order valence-electron chi connectivity index (χ4n) is 1.92. The van der Waals surface area contributed by atoms with E-state index in [2.05, 4.69) is 5.32 Å². The smallest absolute Gasteiger partial charge is 0.334 e. The van der Waals surface area contributed by atoms with Crippen molar-refractivity contribution < 1.29 is 14.3 Å². The number of hydrogen-bond acceptors (Lipinski definition) is 4. The summed E-state index contributed by atoms with van der Waals surface area (Å²) in [5.41, 5.74) is 0.323. The summed E-state index contributed by atoms with van der Waals surface area (Å²) in [6.45, 7) is 2.31. The van der Waals surface area contributed by atoms with E-state index in [9.17, 15) is 9.59 Å². The molecule has 0 aliphatic carbocycles. The molecule has 0 atom stereocenters. The highest BCUT2D eigenvalue weighted by Crippen LogP contribution is 2.22. The molecule has 0 fully saturated rings. The summed E-state index contributed by atoms with van der Waals surface area (Å²) in [5, 5.41) is 2.39. The highest BCUT2D eigenvalue weighted by atomic mass is 32.2. The van der Waals surface area contributed by atoms with Crippen LogP contribution in [0.4, 0.5) is 4.79 Å². The van der Waals surface area contributed by atoms with Gasteiger partial charge in [-0.1, -0.05) is 30.3 Å². The summed E-state index contributed by atoms with van der Waals surface area (Å²) in [4.78, 5) is 25.5. The zero-order valence-corrected chi connectivity index (χ0v) is 13.8. The predicted molar refractivity (Wildman–Crippen MR) is 90.5 cm³/mol. The molecule has 1 N–H and O–H groups in total. The number of urea groups is 1. The molecular weight excluding hydrogens is 312 g/mol. The molecular formula is C17H18N2O3S. The molecule has 0 aromatic heterocycles. The van der Waals surface area contributed by atoms with Gasteiger partial charge in [0, 0.05) is 11.4 Å². The maximum absolute atomic E-state index is 12.3. The van der Waals surface area contributed by atoms with E-state index in [1.54, 1.807) is 24.3 Å².